The summed E-state index contributed by atoms with van der Waals surface area (Å²) >= 11 is 0. The van der Waals surface area contributed by atoms with Gasteiger partial charge in [-0.2, -0.15) is 5.10 Å². The van der Waals surface area contributed by atoms with Crippen LogP contribution in [0.1, 0.15) is 42.9 Å². The van der Waals surface area contributed by atoms with Crippen molar-refractivity contribution in [2.24, 2.45) is 0 Å². The molecule has 2 unspecified atom stereocenters. The number of benzene rings is 1. The molecule has 3 heteroatoms. The van der Waals surface area contributed by atoms with Crippen LogP contribution in [0.5, 0.6) is 0 Å². The quantitative estimate of drug-likeness (QED) is 0.857. The lowest BCUT2D eigenvalue weighted by molar-refractivity contribution is 0.0951. The number of fused-ring (bicyclic) bond motifs is 2. The van der Waals surface area contributed by atoms with Crippen LogP contribution in [-0.4, -0.2) is 26.8 Å². The summed E-state index contributed by atoms with van der Waals surface area (Å²) in [6.45, 7) is 3.30. The molecule has 0 aliphatic carbocycles. The standard InChI is InChI=1S/C18H23N3/c1-14-4-2-5-15(10-14)13-20-16-6-7-17(20)12-18(11-16)21-9-3-8-19-21/h2-5,8-10,16-18H,6-7,11-13H2,1H3. The van der Waals surface area contributed by atoms with Gasteiger partial charge in [0.05, 0.1) is 6.04 Å². The van der Waals surface area contributed by atoms with Crippen LogP contribution in [0.25, 0.3) is 0 Å². The Kier molecular flexibility index (Phi) is 3.30. The predicted molar refractivity (Wildman–Crippen MR) is 84.0 cm³/mol. The third-order valence-corrected chi connectivity index (χ3v) is 5.21. The van der Waals surface area contributed by atoms with Gasteiger partial charge in [-0.3, -0.25) is 9.58 Å². The molecule has 2 fully saturated rings. The third-order valence-electron chi connectivity index (χ3n) is 5.21. The maximum atomic E-state index is 4.46. The molecule has 2 saturated heterocycles. The Bertz CT molecular complexity index is 591. The van der Waals surface area contributed by atoms with Crippen molar-refractivity contribution in [2.75, 3.05) is 0 Å². The van der Waals surface area contributed by atoms with Crippen LogP contribution in [0, 0.1) is 6.92 Å². The molecule has 0 spiro atoms. The van der Waals surface area contributed by atoms with Crippen molar-refractivity contribution in [1.82, 2.24) is 14.7 Å². The zero-order valence-corrected chi connectivity index (χ0v) is 12.7. The van der Waals surface area contributed by atoms with Crippen LogP contribution in [0.2, 0.25) is 0 Å². The van der Waals surface area contributed by atoms with E-state index in [0.717, 1.165) is 18.6 Å². The minimum atomic E-state index is 0.603. The fraction of sp³-hybridized carbons (Fsp3) is 0.500. The summed E-state index contributed by atoms with van der Waals surface area (Å²) in [5.74, 6) is 0. The number of piperidine rings is 1. The lowest BCUT2D eigenvalue weighted by Gasteiger charge is -2.39. The Labute approximate surface area is 126 Å². The zero-order valence-electron chi connectivity index (χ0n) is 12.7. The Hall–Kier alpha value is -1.61. The summed E-state index contributed by atoms with van der Waals surface area (Å²) in [6.07, 6.45) is 9.25. The van der Waals surface area contributed by atoms with E-state index in [1.54, 1.807) is 0 Å². The van der Waals surface area contributed by atoms with Crippen LogP contribution in [0.15, 0.2) is 42.7 Å². The Morgan fingerprint density at radius 2 is 1.90 bits per heavy atom. The second kappa shape index (κ2) is 5.30. The summed E-state index contributed by atoms with van der Waals surface area (Å²) in [7, 11) is 0. The summed E-state index contributed by atoms with van der Waals surface area (Å²) in [4.78, 5) is 2.74. The van der Waals surface area contributed by atoms with Gasteiger partial charge in [-0.15, -0.1) is 0 Å². The number of hydrogen-bond acceptors (Lipinski definition) is 2. The Balaban J connectivity index is 1.49. The highest BCUT2D eigenvalue weighted by atomic mass is 15.3. The molecule has 0 saturated carbocycles. The van der Waals surface area contributed by atoms with E-state index in [4.69, 9.17) is 0 Å². The van der Waals surface area contributed by atoms with Crippen molar-refractivity contribution in [1.29, 1.82) is 0 Å². The summed E-state index contributed by atoms with van der Waals surface area (Å²) in [5, 5.41) is 4.46. The van der Waals surface area contributed by atoms with Crippen molar-refractivity contribution < 1.29 is 0 Å². The maximum Gasteiger partial charge on any atom is 0.0549 e. The lowest BCUT2D eigenvalue weighted by atomic mass is 9.96. The van der Waals surface area contributed by atoms with Gasteiger partial charge >= 0.3 is 0 Å². The van der Waals surface area contributed by atoms with Crippen molar-refractivity contribution in [3.05, 3.63) is 53.9 Å². The molecule has 2 aliphatic rings. The first kappa shape index (κ1) is 13.1. The van der Waals surface area contributed by atoms with Gasteiger partial charge in [-0.05, 0) is 44.2 Å². The molecule has 2 aliphatic heterocycles. The number of rotatable bonds is 3. The summed E-state index contributed by atoms with van der Waals surface area (Å²) in [6, 6.07) is 13.1. The van der Waals surface area contributed by atoms with Gasteiger partial charge in [0, 0.05) is 31.0 Å². The molecular formula is C18H23N3. The fourth-order valence-corrected chi connectivity index (χ4v) is 4.24. The largest absolute Gasteiger partial charge is 0.293 e. The van der Waals surface area contributed by atoms with Gasteiger partial charge in [0.15, 0.2) is 0 Å². The van der Waals surface area contributed by atoms with E-state index < -0.39 is 0 Å². The summed E-state index contributed by atoms with van der Waals surface area (Å²) < 4.78 is 2.18. The molecule has 3 heterocycles. The SMILES string of the molecule is Cc1cccc(CN2C3CCC2CC(n2cccn2)C3)c1. The molecule has 4 rings (SSSR count). The number of hydrogen-bond donors (Lipinski definition) is 0. The molecule has 110 valence electrons. The van der Waals surface area contributed by atoms with Crippen molar-refractivity contribution in [3.63, 3.8) is 0 Å². The first-order valence-electron chi connectivity index (χ1n) is 8.10. The second-order valence-electron chi connectivity index (χ2n) is 6.66. The molecular weight excluding hydrogens is 258 g/mol. The van der Waals surface area contributed by atoms with Gasteiger partial charge in [0.25, 0.3) is 0 Å². The second-order valence-corrected chi connectivity index (χ2v) is 6.66. The molecule has 3 nitrogen and oxygen atoms in total. The van der Waals surface area contributed by atoms with E-state index in [1.807, 2.05) is 12.3 Å². The van der Waals surface area contributed by atoms with Crippen molar-refractivity contribution in [3.8, 4) is 0 Å². The smallest absolute Gasteiger partial charge is 0.0549 e. The highest BCUT2D eigenvalue weighted by Gasteiger charge is 2.41. The average Bonchev–Trinajstić information content (AvgIpc) is 3.07. The van der Waals surface area contributed by atoms with Crippen LogP contribution < -0.4 is 0 Å². The molecule has 1 aromatic carbocycles. The van der Waals surface area contributed by atoms with E-state index in [9.17, 15) is 0 Å². The normalized spacial score (nSPS) is 28.9. The van der Waals surface area contributed by atoms with E-state index in [2.05, 4.69) is 52.1 Å². The number of aryl methyl sites for hydroxylation is 1. The summed E-state index contributed by atoms with van der Waals surface area (Å²) in [5.41, 5.74) is 2.83. The van der Waals surface area contributed by atoms with Crippen LogP contribution in [0.3, 0.4) is 0 Å². The van der Waals surface area contributed by atoms with Crippen molar-refractivity contribution in [2.45, 2.75) is 57.3 Å². The molecule has 0 radical (unpaired) electrons. The van der Waals surface area contributed by atoms with Gasteiger partial charge in [-0.1, -0.05) is 29.8 Å². The van der Waals surface area contributed by atoms with E-state index in [-0.39, 0.29) is 0 Å². The fourth-order valence-electron chi connectivity index (χ4n) is 4.24. The van der Waals surface area contributed by atoms with E-state index in [1.165, 1.54) is 36.8 Å². The number of aromatic nitrogens is 2. The minimum absolute atomic E-state index is 0.603. The topological polar surface area (TPSA) is 21.1 Å². The van der Waals surface area contributed by atoms with Gasteiger partial charge in [0.1, 0.15) is 0 Å². The first-order valence-corrected chi connectivity index (χ1v) is 8.10. The highest BCUT2D eigenvalue weighted by molar-refractivity contribution is 5.22. The van der Waals surface area contributed by atoms with Crippen LogP contribution >= 0.6 is 0 Å². The zero-order chi connectivity index (χ0) is 14.2. The Morgan fingerprint density at radius 1 is 1.10 bits per heavy atom. The molecule has 21 heavy (non-hydrogen) atoms. The van der Waals surface area contributed by atoms with Gasteiger partial charge in [0.2, 0.25) is 0 Å². The predicted octanol–water partition coefficient (Wildman–Crippen LogP) is 3.56. The van der Waals surface area contributed by atoms with Crippen molar-refractivity contribution >= 4 is 0 Å². The molecule has 2 aromatic rings. The van der Waals surface area contributed by atoms with Gasteiger partial charge < -0.3 is 0 Å². The van der Waals surface area contributed by atoms with E-state index >= 15 is 0 Å². The molecule has 1 aromatic heterocycles. The first-order chi connectivity index (χ1) is 10.3. The molecule has 2 bridgehead atoms. The highest BCUT2D eigenvalue weighted by Crippen LogP contribution is 2.41. The van der Waals surface area contributed by atoms with Crippen LogP contribution in [0.4, 0.5) is 0 Å². The Morgan fingerprint density at radius 3 is 2.57 bits per heavy atom. The van der Waals surface area contributed by atoms with E-state index in [0.29, 0.717) is 6.04 Å². The minimum Gasteiger partial charge on any atom is -0.293 e. The molecule has 0 amide bonds. The third kappa shape index (κ3) is 2.51. The lowest BCUT2D eigenvalue weighted by Crippen LogP contribution is -2.42. The molecule has 0 N–H and O–H groups in total. The average molecular weight is 281 g/mol. The van der Waals surface area contributed by atoms with Gasteiger partial charge in [-0.25, -0.2) is 0 Å². The maximum absolute atomic E-state index is 4.46. The molecule has 2 atom stereocenters. The van der Waals surface area contributed by atoms with Crippen LogP contribution in [-0.2, 0) is 6.54 Å². The monoisotopic (exact) mass is 281 g/mol. The number of nitrogens with zero attached hydrogens (tertiary/aromatic N) is 3.